The van der Waals surface area contributed by atoms with Gasteiger partial charge in [0.2, 0.25) is 5.82 Å². The predicted molar refractivity (Wildman–Crippen MR) is 99.8 cm³/mol. The first-order valence-corrected chi connectivity index (χ1v) is 8.23. The number of nitro benzene ring substituents is 1. The highest BCUT2D eigenvalue weighted by Gasteiger charge is 2.31. The molecule has 0 saturated carbocycles. The summed E-state index contributed by atoms with van der Waals surface area (Å²) in [6, 6.07) is 0.198. The first-order chi connectivity index (χ1) is 12.8. The lowest BCUT2D eigenvalue weighted by molar-refractivity contribution is -0.387. The molecule has 11 heteroatoms. The normalized spacial score (nSPS) is 12.9. The number of halogens is 2. The Morgan fingerprint density at radius 2 is 1.96 bits per heavy atom. The van der Waals surface area contributed by atoms with E-state index in [2.05, 4.69) is 10.5 Å². The monoisotopic (exact) mass is 399 g/mol. The van der Waals surface area contributed by atoms with Crippen molar-refractivity contribution in [1.82, 2.24) is 10.3 Å². The molecule has 1 unspecified atom stereocenters. The molecule has 0 aliphatic carbocycles. The van der Waals surface area contributed by atoms with Crippen molar-refractivity contribution < 1.29 is 23.2 Å². The van der Waals surface area contributed by atoms with E-state index in [1.54, 1.807) is 20.8 Å². The van der Waals surface area contributed by atoms with Gasteiger partial charge in [-0.05, 0) is 33.8 Å². The number of ether oxygens (including phenoxy) is 1. The van der Waals surface area contributed by atoms with Crippen LogP contribution in [0.1, 0.15) is 33.3 Å². The van der Waals surface area contributed by atoms with Gasteiger partial charge >= 0.3 is 11.8 Å². The third-order valence-electron chi connectivity index (χ3n) is 3.63. The Hall–Kier alpha value is -3.11. The van der Waals surface area contributed by atoms with Gasteiger partial charge in [-0.15, -0.1) is 0 Å². The number of hydrogen-bond donors (Lipinski definition) is 2. The number of hydrazone groups is 1. The summed E-state index contributed by atoms with van der Waals surface area (Å²) in [4.78, 5) is 23.2. The average Bonchev–Trinajstić information content (AvgIpc) is 2.57. The molecule has 0 aliphatic heterocycles. The minimum Gasteiger partial charge on any atom is -0.444 e. The summed E-state index contributed by atoms with van der Waals surface area (Å²) in [6.07, 6.45) is -0.720. The second-order valence-corrected chi connectivity index (χ2v) is 6.91. The first kappa shape index (κ1) is 22.9. The summed E-state index contributed by atoms with van der Waals surface area (Å²) in [5.41, 5.74) is -0.844. The Labute approximate surface area is 161 Å². The van der Waals surface area contributed by atoms with Crippen LogP contribution in [0.25, 0.3) is 0 Å². The van der Waals surface area contributed by atoms with E-state index in [-0.39, 0.29) is 5.71 Å². The molecule has 0 saturated heterocycles. The average molecular weight is 399 g/mol. The maximum absolute atomic E-state index is 14.5. The van der Waals surface area contributed by atoms with Crippen LogP contribution in [0.15, 0.2) is 17.2 Å². The lowest BCUT2D eigenvalue weighted by Gasteiger charge is -2.29. The van der Waals surface area contributed by atoms with Crippen molar-refractivity contribution in [2.75, 3.05) is 14.1 Å². The molecule has 1 rings (SSSR count). The molecule has 1 amide bonds. The molecule has 28 heavy (non-hydrogen) atoms. The van der Waals surface area contributed by atoms with Crippen LogP contribution < -0.4 is 5.43 Å². The lowest BCUT2D eigenvalue weighted by Crippen LogP contribution is -2.46. The van der Waals surface area contributed by atoms with Crippen molar-refractivity contribution >= 4 is 23.2 Å². The fourth-order valence-electron chi connectivity index (χ4n) is 2.18. The molecule has 0 radical (unpaired) electrons. The molecule has 0 heterocycles. The summed E-state index contributed by atoms with van der Waals surface area (Å²) in [6.45, 7) is 6.53. The highest BCUT2D eigenvalue weighted by molar-refractivity contribution is 6.49. The van der Waals surface area contributed by atoms with Crippen molar-refractivity contribution in [3.63, 3.8) is 0 Å². The molecule has 2 N–H and O–H groups in total. The largest absolute Gasteiger partial charge is 0.444 e. The number of amides is 1. The summed E-state index contributed by atoms with van der Waals surface area (Å²) >= 11 is 0. The second kappa shape index (κ2) is 8.72. The van der Waals surface area contributed by atoms with Gasteiger partial charge in [-0.2, -0.15) is 9.49 Å². The summed E-state index contributed by atoms with van der Waals surface area (Å²) in [7, 11) is 2.81. The molecular formula is C17H23F2N5O4. The summed E-state index contributed by atoms with van der Waals surface area (Å²) < 4.78 is 33.5. The lowest BCUT2D eigenvalue weighted by atomic mass is 9.99. The minimum absolute atomic E-state index is 0.144. The van der Waals surface area contributed by atoms with Crippen molar-refractivity contribution in [3.8, 4) is 0 Å². The summed E-state index contributed by atoms with van der Waals surface area (Å²) in [5, 5.41) is 23.0. The topological polar surface area (TPSA) is 121 Å². The molecule has 9 nitrogen and oxygen atoms in total. The Balaban J connectivity index is 3.33. The van der Waals surface area contributed by atoms with E-state index in [9.17, 15) is 23.7 Å². The van der Waals surface area contributed by atoms with Crippen LogP contribution in [0.3, 0.4) is 0 Å². The van der Waals surface area contributed by atoms with Crippen LogP contribution in [0.5, 0.6) is 0 Å². The SMILES string of the molecule is CN/N=C(\C(=N)c1cc(F)cc([N+](=O)[O-])c1F)C(C)N(C)C(=O)OC(C)(C)C. The van der Waals surface area contributed by atoms with Gasteiger partial charge in [0.25, 0.3) is 0 Å². The Morgan fingerprint density at radius 3 is 2.43 bits per heavy atom. The molecule has 0 spiro atoms. The number of rotatable bonds is 6. The van der Waals surface area contributed by atoms with Gasteiger partial charge in [-0.25, -0.2) is 9.18 Å². The third kappa shape index (κ3) is 5.44. The van der Waals surface area contributed by atoms with Crippen LogP contribution in [-0.2, 0) is 4.74 Å². The predicted octanol–water partition coefficient (Wildman–Crippen LogP) is 3.07. The van der Waals surface area contributed by atoms with E-state index < -0.39 is 51.3 Å². The number of benzene rings is 1. The van der Waals surface area contributed by atoms with Gasteiger partial charge in [-0.3, -0.25) is 15.5 Å². The van der Waals surface area contributed by atoms with Crippen molar-refractivity contribution in [1.29, 1.82) is 5.41 Å². The highest BCUT2D eigenvalue weighted by atomic mass is 19.1. The maximum atomic E-state index is 14.5. The molecule has 0 bridgehead atoms. The number of nitrogens with zero attached hydrogens (tertiary/aromatic N) is 3. The van der Waals surface area contributed by atoms with E-state index in [1.165, 1.54) is 21.0 Å². The highest BCUT2D eigenvalue weighted by Crippen LogP contribution is 2.24. The number of nitro groups is 1. The van der Waals surface area contributed by atoms with Crippen LogP contribution >= 0.6 is 0 Å². The van der Waals surface area contributed by atoms with Gasteiger partial charge in [-0.1, -0.05) is 0 Å². The van der Waals surface area contributed by atoms with Crippen LogP contribution in [0.2, 0.25) is 0 Å². The van der Waals surface area contributed by atoms with Gasteiger partial charge in [0, 0.05) is 19.7 Å². The zero-order chi connectivity index (χ0) is 21.8. The molecule has 0 fully saturated rings. The van der Waals surface area contributed by atoms with Crippen molar-refractivity contribution in [3.05, 3.63) is 39.4 Å². The van der Waals surface area contributed by atoms with E-state index in [1.807, 2.05) is 0 Å². The van der Waals surface area contributed by atoms with E-state index >= 15 is 0 Å². The maximum Gasteiger partial charge on any atom is 0.410 e. The molecule has 154 valence electrons. The summed E-state index contributed by atoms with van der Waals surface area (Å²) in [5.74, 6) is -2.45. The second-order valence-electron chi connectivity index (χ2n) is 6.91. The quantitative estimate of drug-likeness (QED) is 0.433. The third-order valence-corrected chi connectivity index (χ3v) is 3.63. The molecule has 1 atom stereocenters. The Kier molecular flexibility index (Phi) is 7.14. The van der Waals surface area contributed by atoms with E-state index in [0.29, 0.717) is 12.1 Å². The number of carbonyl (C=O) groups excluding carboxylic acids is 1. The first-order valence-electron chi connectivity index (χ1n) is 8.23. The van der Waals surface area contributed by atoms with Crippen LogP contribution in [-0.4, -0.2) is 53.1 Å². The van der Waals surface area contributed by atoms with Gasteiger partial charge < -0.3 is 15.1 Å². The molecule has 0 aromatic heterocycles. The van der Waals surface area contributed by atoms with Crippen LogP contribution in [0, 0.1) is 27.2 Å². The zero-order valence-electron chi connectivity index (χ0n) is 16.5. The van der Waals surface area contributed by atoms with Gasteiger partial charge in [0.05, 0.1) is 22.7 Å². The van der Waals surface area contributed by atoms with E-state index in [4.69, 9.17) is 10.1 Å². The molecule has 1 aromatic carbocycles. The number of carbonyl (C=O) groups is 1. The fraction of sp³-hybridized carbons (Fsp3) is 0.471. The van der Waals surface area contributed by atoms with Gasteiger partial charge in [0.15, 0.2) is 0 Å². The number of nitrogens with one attached hydrogen (secondary N) is 2. The van der Waals surface area contributed by atoms with Crippen molar-refractivity contribution in [2.24, 2.45) is 5.10 Å². The van der Waals surface area contributed by atoms with E-state index in [0.717, 1.165) is 4.90 Å². The zero-order valence-corrected chi connectivity index (χ0v) is 16.5. The van der Waals surface area contributed by atoms with Gasteiger partial charge in [0.1, 0.15) is 17.1 Å². The fourth-order valence-corrected chi connectivity index (χ4v) is 2.18. The molecule has 1 aromatic rings. The van der Waals surface area contributed by atoms with Crippen molar-refractivity contribution in [2.45, 2.75) is 39.3 Å². The Bertz CT molecular complexity index is 821. The molecule has 0 aliphatic rings. The number of hydrogen-bond acceptors (Lipinski definition) is 7. The smallest absolute Gasteiger partial charge is 0.410 e. The standard InChI is InChI=1S/C17H23F2N5O4/c1-9(23(6)16(25)28-17(2,3)4)15(22-21-5)14(20)11-7-10(18)8-12(13(11)19)24(26)27/h7-9,20-21H,1-6H3/b20-14?,22-15-. The van der Waals surface area contributed by atoms with Crippen LogP contribution in [0.4, 0.5) is 19.3 Å². The Morgan fingerprint density at radius 1 is 1.39 bits per heavy atom. The minimum atomic E-state index is -1.37. The molecular weight excluding hydrogens is 376 g/mol.